The number of nitrogens with zero attached hydrogens (tertiary/aromatic N) is 1. The molecule has 1 heterocycles. The summed E-state index contributed by atoms with van der Waals surface area (Å²) >= 11 is 0. The van der Waals surface area contributed by atoms with E-state index in [1.54, 1.807) is 7.11 Å². The van der Waals surface area contributed by atoms with Gasteiger partial charge in [0.1, 0.15) is 5.76 Å². The zero-order valence-corrected chi connectivity index (χ0v) is 9.09. The summed E-state index contributed by atoms with van der Waals surface area (Å²) in [5.74, 6) is 1.66. The molecular weight excluding hydrogens is 180 g/mol. The van der Waals surface area contributed by atoms with Crippen molar-refractivity contribution < 1.29 is 9.15 Å². The SMILES string of the molecule is COCCCNCc1nc(C)c(C)o1. The first-order valence-corrected chi connectivity index (χ1v) is 4.86. The number of nitrogens with one attached hydrogen (secondary N) is 1. The topological polar surface area (TPSA) is 47.3 Å². The van der Waals surface area contributed by atoms with Crippen LogP contribution in [0.3, 0.4) is 0 Å². The van der Waals surface area contributed by atoms with Gasteiger partial charge in [0.25, 0.3) is 0 Å². The molecule has 0 atom stereocenters. The van der Waals surface area contributed by atoms with Crippen LogP contribution >= 0.6 is 0 Å². The monoisotopic (exact) mass is 198 g/mol. The maximum absolute atomic E-state index is 5.42. The molecule has 0 saturated carbocycles. The van der Waals surface area contributed by atoms with Gasteiger partial charge in [-0.3, -0.25) is 0 Å². The van der Waals surface area contributed by atoms with E-state index in [0.717, 1.165) is 36.9 Å². The smallest absolute Gasteiger partial charge is 0.208 e. The maximum atomic E-state index is 5.42. The predicted molar refractivity (Wildman–Crippen MR) is 54.2 cm³/mol. The summed E-state index contributed by atoms with van der Waals surface area (Å²) in [6.45, 7) is 6.29. The van der Waals surface area contributed by atoms with Crippen molar-refractivity contribution in [3.63, 3.8) is 0 Å². The minimum atomic E-state index is 0.693. The quantitative estimate of drug-likeness (QED) is 0.702. The Morgan fingerprint density at radius 3 is 2.79 bits per heavy atom. The molecule has 1 aromatic heterocycles. The lowest BCUT2D eigenvalue weighted by molar-refractivity contribution is 0.194. The van der Waals surface area contributed by atoms with Gasteiger partial charge in [0, 0.05) is 13.7 Å². The summed E-state index contributed by atoms with van der Waals surface area (Å²) in [5.41, 5.74) is 0.971. The molecule has 1 N–H and O–H groups in total. The van der Waals surface area contributed by atoms with Crippen LogP contribution in [0.4, 0.5) is 0 Å². The predicted octanol–water partition coefficient (Wildman–Crippen LogP) is 1.42. The van der Waals surface area contributed by atoms with Crippen molar-refractivity contribution >= 4 is 0 Å². The van der Waals surface area contributed by atoms with Crippen LogP contribution in [-0.2, 0) is 11.3 Å². The van der Waals surface area contributed by atoms with E-state index < -0.39 is 0 Å². The minimum absolute atomic E-state index is 0.693. The van der Waals surface area contributed by atoms with Gasteiger partial charge >= 0.3 is 0 Å². The molecule has 0 aliphatic heterocycles. The Morgan fingerprint density at radius 1 is 1.43 bits per heavy atom. The summed E-state index contributed by atoms with van der Waals surface area (Å²) in [5, 5.41) is 3.24. The lowest BCUT2D eigenvalue weighted by Crippen LogP contribution is -2.16. The molecule has 80 valence electrons. The minimum Gasteiger partial charge on any atom is -0.444 e. The summed E-state index contributed by atoms with van der Waals surface area (Å²) in [6.07, 6.45) is 1.01. The molecule has 0 aromatic carbocycles. The lowest BCUT2D eigenvalue weighted by atomic mass is 10.4. The molecule has 0 spiro atoms. The first-order chi connectivity index (χ1) is 6.74. The van der Waals surface area contributed by atoms with Crippen LogP contribution in [0.15, 0.2) is 4.42 Å². The number of aryl methyl sites for hydroxylation is 2. The highest BCUT2D eigenvalue weighted by Gasteiger charge is 2.03. The highest BCUT2D eigenvalue weighted by atomic mass is 16.5. The van der Waals surface area contributed by atoms with Gasteiger partial charge in [-0.25, -0.2) is 4.98 Å². The fourth-order valence-electron chi connectivity index (χ4n) is 1.15. The molecule has 0 aliphatic carbocycles. The second-order valence-electron chi connectivity index (χ2n) is 3.27. The molecular formula is C10H18N2O2. The number of methoxy groups -OCH3 is 1. The van der Waals surface area contributed by atoms with Crippen molar-refractivity contribution in [2.45, 2.75) is 26.8 Å². The number of ether oxygens (including phenoxy) is 1. The number of hydrogen-bond donors (Lipinski definition) is 1. The van der Waals surface area contributed by atoms with Crippen molar-refractivity contribution in [3.05, 3.63) is 17.3 Å². The van der Waals surface area contributed by atoms with Crippen LogP contribution in [0.5, 0.6) is 0 Å². The zero-order valence-electron chi connectivity index (χ0n) is 9.09. The number of rotatable bonds is 6. The molecule has 4 heteroatoms. The molecule has 1 aromatic rings. The van der Waals surface area contributed by atoms with Gasteiger partial charge < -0.3 is 14.5 Å². The van der Waals surface area contributed by atoms with Gasteiger partial charge in [0.05, 0.1) is 12.2 Å². The standard InChI is InChI=1S/C10H18N2O2/c1-8-9(2)14-10(12-8)7-11-5-4-6-13-3/h11H,4-7H2,1-3H3. The first-order valence-electron chi connectivity index (χ1n) is 4.86. The molecule has 0 radical (unpaired) electrons. The second-order valence-corrected chi connectivity index (χ2v) is 3.27. The molecule has 0 unspecified atom stereocenters. The van der Waals surface area contributed by atoms with Crippen LogP contribution in [-0.4, -0.2) is 25.2 Å². The van der Waals surface area contributed by atoms with E-state index in [2.05, 4.69) is 10.3 Å². The third kappa shape index (κ3) is 3.47. The molecule has 0 bridgehead atoms. The van der Waals surface area contributed by atoms with E-state index in [1.807, 2.05) is 13.8 Å². The number of aromatic nitrogens is 1. The van der Waals surface area contributed by atoms with Gasteiger partial charge in [-0.2, -0.15) is 0 Å². The average molecular weight is 198 g/mol. The first kappa shape index (κ1) is 11.2. The Labute approximate surface area is 84.7 Å². The lowest BCUT2D eigenvalue weighted by Gasteiger charge is -2.00. The van der Waals surface area contributed by atoms with Crippen LogP contribution in [0.25, 0.3) is 0 Å². The van der Waals surface area contributed by atoms with Crippen molar-refractivity contribution in [3.8, 4) is 0 Å². The Hall–Kier alpha value is -0.870. The normalized spacial score (nSPS) is 10.8. The zero-order chi connectivity index (χ0) is 10.4. The van der Waals surface area contributed by atoms with Crippen LogP contribution in [0, 0.1) is 13.8 Å². The second kappa shape index (κ2) is 5.78. The summed E-state index contributed by atoms with van der Waals surface area (Å²) < 4.78 is 10.4. The molecule has 14 heavy (non-hydrogen) atoms. The third-order valence-electron chi connectivity index (χ3n) is 2.05. The Bertz CT molecular complexity index is 252. The van der Waals surface area contributed by atoms with Crippen LogP contribution in [0.2, 0.25) is 0 Å². The van der Waals surface area contributed by atoms with E-state index in [0.29, 0.717) is 6.54 Å². The van der Waals surface area contributed by atoms with Gasteiger partial charge in [-0.1, -0.05) is 0 Å². The third-order valence-corrected chi connectivity index (χ3v) is 2.05. The van der Waals surface area contributed by atoms with E-state index >= 15 is 0 Å². The molecule has 0 amide bonds. The van der Waals surface area contributed by atoms with Crippen molar-refractivity contribution in [2.24, 2.45) is 0 Å². The number of oxazole rings is 1. The Balaban J connectivity index is 2.18. The van der Waals surface area contributed by atoms with Crippen LogP contribution in [0.1, 0.15) is 23.8 Å². The van der Waals surface area contributed by atoms with Crippen LogP contribution < -0.4 is 5.32 Å². The van der Waals surface area contributed by atoms with Crippen molar-refractivity contribution in [1.82, 2.24) is 10.3 Å². The summed E-state index contributed by atoms with van der Waals surface area (Å²) in [4.78, 5) is 4.27. The van der Waals surface area contributed by atoms with Gasteiger partial charge in [-0.15, -0.1) is 0 Å². The highest BCUT2D eigenvalue weighted by Crippen LogP contribution is 2.07. The van der Waals surface area contributed by atoms with Gasteiger partial charge in [-0.05, 0) is 26.8 Å². The van der Waals surface area contributed by atoms with E-state index in [9.17, 15) is 0 Å². The van der Waals surface area contributed by atoms with Gasteiger partial charge in [0.15, 0.2) is 0 Å². The maximum Gasteiger partial charge on any atom is 0.208 e. The summed E-state index contributed by atoms with van der Waals surface area (Å²) in [7, 11) is 1.71. The molecule has 4 nitrogen and oxygen atoms in total. The largest absolute Gasteiger partial charge is 0.444 e. The van der Waals surface area contributed by atoms with E-state index in [-0.39, 0.29) is 0 Å². The molecule has 1 rings (SSSR count). The number of hydrogen-bond acceptors (Lipinski definition) is 4. The fraction of sp³-hybridized carbons (Fsp3) is 0.700. The summed E-state index contributed by atoms with van der Waals surface area (Å²) in [6, 6.07) is 0. The molecule has 0 aliphatic rings. The molecule has 0 saturated heterocycles. The van der Waals surface area contributed by atoms with E-state index in [4.69, 9.17) is 9.15 Å². The van der Waals surface area contributed by atoms with Crippen molar-refractivity contribution in [1.29, 1.82) is 0 Å². The Morgan fingerprint density at radius 2 is 2.21 bits per heavy atom. The average Bonchev–Trinajstić information content (AvgIpc) is 2.46. The highest BCUT2D eigenvalue weighted by molar-refractivity contribution is 5.04. The van der Waals surface area contributed by atoms with Crippen molar-refractivity contribution in [2.75, 3.05) is 20.3 Å². The molecule has 0 fully saturated rings. The van der Waals surface area contributed by atoms with E-state index in [1.165, 1.54) is 0 Å². The fourth-order valence-corrected chi connectivity index (χ4v) is 1.15. The Kier molecular flexibility index (Phi) is 4.62. The van der Waals surface area contributed by atoms with Gasteiger partial charge in [0.2, 0.25) is 5.89 Å².